The number of carbonyl (C=O) groups excluding carboxylic acids is 2. The van der Waals surface area contributed by atoms with Gasteiger partial charge >= 0.3 is 0 Å². The van der Waals surface area contributed by atoms with Crippen molar-refractivity contribution in [1.82, 2.24) is 5.32 Å². The van der Waals surface area contributed by atoms with Gasteiger partial charge in [0.25, 0.3) is 0 Å². The highest BCUT2D eigenvalue weighted by Gasteiger charge is 2.28. The largest absolute Gasteiger partial charge is 0.391 e. The number of amides is 2. The summed E-state index contributed by atoms with van der Waals surface area (Å²) in [6.45, 7) is -0.180. The van der Waals surface area contributed by atoms with Gasteiger partial charge in [-0.25, -0.2) is 0 Å². The van der Waals surface area contributed by atoms with E-state index in [2.05, 4.69) is 5.32 Å². The first-order valence-electron chi connectivity index (χ1n) is 8.00. The summed E-state index contributed by atoms with van der Waals surface area (Å²) in [5.74, 6) is -1.08. The Morgan fingerprint density at radius 1 is 1.26 bits per heavy atom. The molecule has 134 valence electrons. The van der Waals surface area contributed by atoms with E-state index in [-0.39, 0.29) is 31.2 Å². The average Bonchev–Trinajstić information content (AvgIpc) is 2.43. The molecule has 1 aliphatic rings. The lowest BCUT2D eigenvalue weighted by Crippen LogP contribution is -2.45. The molecule has 0 radical (unpaired) electrons. The van der Waals surface area contributed by atoms with Gasteiger partial charge in [-0.05, 0) is 18.8 Å². The minimum absolute atomic E-state index is 0.180. The Balaban J connectivity index is 2.33. The third-order valence-corrected chi connectivity index (χ3v) is 6.11. The summed E-state index contributed by atoms with van der Waals surface area (Å²) < 4.78 is 12.2. The molecule has 0 aromatic carbocycles. The molecule has 1 aliphatic carbocycles. The van der Waals surface area contributed by atoms with Crippen LogP contribution in [0, 0.1) is 5.92 Å². The van der Waals surface area contributed by atoms with Crippen LogP contribution in [0.3, 0.4) is 0 Å². The number of hydrogen-bond donors (Lipinski definition) is 5. The first kappa shape index (κ1) is 20.1. The molecule has 0 spiro atoms. The molecule has 1 fully saturated rings. The first-order valence-corrected chi connectivity index (χ1v) is 10.0. The van der Waals surface area contributed by atoms with Gasteiger partial charge in [0.15, 0.2) is 0 Å². The molecular weight excluding hydrogens is 321 g/mol. The minimum Gasteiger partial charge on any atom is -0.391 e. The summed E-state index contributed by atoms with van der Waals surface area (Å²) in [7, 11) is -3.43. The molecular formula is C14H28N3O5P. The fourth-order valence-corrected chi connectivity index (χ4v) is 5.01. The second kappa shape index (κ2) is 9.37. The Labute approximate surface area is 136 Å². The molecule has 1 rings (SSSR count). The maximum atomic E-state index is 12.2. The quantitative estimate of drug-likeness (QED) is 0.354. The standard InChI is InChI=1S/C14H28N3O5P/c15-12(6-13(16)19)14(20)17-7-11(18)9-23(21,22)8-10-4-2-1-3-5-10/h10-12,18H,1-9,15H2,(H2,16,19)(H,17,20)(H,21,22). The molecule has 8 nitrogen and oxygen atoms in total. The monoisotopic (exact) mass is 349 g/mol. The van der Waals surface area contributed by atoms with Crippen molar-refractivity contribution in [3.8, 4) is 0 Å². The number of carbonyl (C=O) groups is 2. The number of primary amides is 1. The second-order valence-corrected chi connectivity index (χ2v) is 8.81. The van der Waals surface area contributed by atoms with Crippen LogP contribution >= 0.6 is 7.37 Å². The molecule has 9 heteroatoms. The third kappa shape index (κ3) is 8.46. The fraction of sp³-hybridized carbons (Fsp3) is 0.857. The number of nitrogens with two attached hydrogens (primary N) is 2. The van der Waals surface area contributed by atoms with Crippen molar-refractivity contribution >= 4 is 19.2 Å². The maximum absolute atomic E-state index is 12.2. The molecule has 23 heavy (non-hydrogen) atoms. The SMILES string of the molecule is NC(=O)CC(N)C(=O)NCC(O)CP(=O)(O)CC1CCCCC1. The van der Waals surface area contributed by atoms with Gasteiger partial charge < -0.3 is 26.8 Å². The smallest absolute Gasteiger partial charge is 0.237 e. The van der Waals surface area contributed by atoms with E-state index < -0.39 is 31.3 Å². The van der Waals surface area contributed by atoms with Crippen LogP contribution in [0.2, 0.25) is 0 Å². The van der Waals surface area contributed by atoms with Crippen LogP contribution in [-0.4, -0.2) is 52.8 Å². The summed E-state index contributed by atoms with van der Waals surface area (Å²) in [6, 6.07) is -1.08. The summed E-state index contributed by atoms with van der Waals surface area (Å²) in [5, 5.41) is 12.2. The van der Waals surface area contributed by atoms with E-state index in [1.807, 2.05) is 0 Å². The van der Waals surface area contributed by atoms with Crippen LogP contribution in [0.1, 0.15) is 38.5 Å². The highest BCUT2D eigenvalue weighted by molar-refractivity contribution is 7.58. The predicted octanol–water partition coefficient (Wildman–Crippen LogP) is -0.483. The van der Waals surface area contributed by atoms with Gasteiger partial charge in [0.2, 0.25) is 19.2 Å². The molecule has 2 amide bonds. The van der Waals surface area contributed by atoms with Crippen molar-refractivity contribution in [3.05, 3.63) is 0 Å². The van der Waals surface area contributed by atoms with Gasteiger partial charge in [-0.2, -0.15) is 0 Å². The Bertz CT molecular complexity index is 454. The fourth-order valence-electron chi connectivity index (χ4n) is 2.90. The van der Waals surface area contributed by atoms with E-state index in [0.29, 0.717) is 0 Å². The minimum atomic E-state index is -3.43. The summed E-state index contributed by atoms with van der Waals surface area (Å²) in [6.07, 6.45) is 3.81. The van der Waals surface area contributed by atoms with Crippen molar-refractivity contribution < 1.29 is 24.2 Å². The topological polar surface area (TPSA) is 156 Å². The molecule has 0 heterocycles. The predicted molar refractivity (Wildman–Crippen MR) is 86.9 cm³/mol. The first-order chi connectivity index (χ1) is 10.7. The number of rotatable bonds is 9. The molecule has 0 aromatic rings. The van der Waals surface area contributed by atoms with E-state index in [9.17, 15) is 24.2 Å². The number of hydrogen-bond acceptors (Lipinski definition) is 5. The Kier molecular flexibility index (Phi) is 8.19. The molecule has 0 aromatic heterocycles. The zero-order valence-electron chi connectivity index (χ0n) is 13.3. The van der Waals surface area contributed by atoms with Crippen molar-refractivity contribution in [3.63, 3.8) is 0 Å². The lowest BCUT2D eigenvalue weighted by atomic mass is 9.91. The molecule has 3 unspecified atom stereocenters. The van der Waals surface area contributed by atoms with E-state index in [4.69, 9.17) is 11.5 Å². The van der Waals surface area contributed by atoms with E-state index in [0.717, 1.165) is 25.7 Å². The van der Waals surface area contributed by atoms with Crippen LogP contribution in [0.15, 0.2) is 0 Å². The van der Waals surface area contributed by atoms with Crippen LogP contribution in [0.25, 0.3) is 0 Å². The van der Waals surface area contributed by atoms with Crippen LogP contribution in [0.5, 0.6) is 0 Å². The number of nitrogens with one attached hydrogen (secondary N) is 1. The van der Waals surface area contributed by atoms with Crippen molar-refractivity contribution in [1.29, 1.82) is 0 Å². The van der Waals surface area contributed by atoms with Gasteiger partial charge in [-0.1, -0.05) is 19.3 Å². The molecule has 0 saturated heterocycles. The summed E-state index contributed by atoms with van der Waals surface area (Å²) in [5.41, 5.74) is 10.4. The van der Waals surface area contributed by atoms with Crippen LogP contribution in [-0.2, 0) is 14.2 Å². The second-order valence-electron chi connectivity index (χ2n) is 6.39. The molecule has 1 saturated carbocycles. The van der Waals surface area contributed by atoms with Gasteiger partial charge in [0.1, 0.15) is 0 Å². The Morgan fingerprint density at radius 3 is 2.43 bits per heavy atom. The third-order valence-electron chi connectivity index (χ3n) is 4.03. The summed E-state index contributed by atoms with van der Waals surface area (Å²) >= 11 is 0. The highest BCUT2D eigenvalue weighted by Crippen LogP contribution is 2.45. The highest BCUT2D eigenvalue weighted by atomic mass is 31.2. The molecule has 7 N–H and O–H groups in total. The Hall–Kier alpha value is -0.950. The normalized spacial score (nSPS) is 21.2. The van der Waals surface area contributed by atoms with Gasteiger partial charge in [0, 0.05) is 12.7 Å². The molecule has 0 aliphatic heterocycles. The van der Waals surface area contributed by atoms with Crippen LogP contribution < -0.4 is 16.8 Å². The average molecular weight is 349 g/mol. The van der Waals surface area contributed by atoms with Crippen molar-refractivity contribution in [2.24, 2.45) is 17.4 Å². The maximum Gasteiger partial charge on any atom is 0.237 e. The summed E-state index contributed by atoms with van der Waals surface area (Å²) in [4.78, 5) is 32.3. The zero-order chi connectivity index (χ0) is 17.5. The van der Waals surface area contributed by atoms with E-state index >= 15 is 0 Å². The lowest BCUT2D eigenvalue weighted by molar-refractivity contribution is -0.126. The van der Waals surface area contributed by atoms with Crippen molar-refractivity contribution in [2.45, 2.75) is 50.7 Å². The van der Waals surface area contributed by atoms with E-state index in [1.165, 1.54) is 6.42 Å². The van der Waals surface area contributed by atoms with Gasteiger partial charge in [0.05, 0.1) is 24.7 Å². The van der Waals surface area contributed by atoms with Gasteiger partial charge in [-0.15, -0.1) is 0 Å². The molecule has 3 atom stereocenters. The lowest BCUT2D eigenvalue weighted by Gasteiger charge is -2.25. The molecule has 0 bridgehead atoms. The van der Waals surface area contributed by atoms with Crippen molar-refractivity contribution in [2.75, 3.05) is 18.9 Å². The van der Waals surface area contributed by atoms with Crippen LogP contribution in [0.4, 0.5) is 0 Å². The Morgan fingerprint density at radius 2 is 1.87 bits per heavy atom. The van der Waals surface area contributed by atoms with E-state index in [1.54, 1.807) is 0 Å². The van der Waals surface area contributed by atoms with Gasteiger partial charge in [-0.3, -0.25) is 14.2 Å². The zero-order valence-corrected chi connectivity index (χ0v) is 14.2. The number of aliphatic hydroxyl groups excluding tert-OH is 1. The number of aliphatic hydroxyl groups is 1.